The second-order valence-electron chi connectivity index (χ2n) is 27.3. The first kappa shape index (κ1) is 92.9. The number of unbranched alkanes of at least 4 members (excludes halogenated alkanes) is 2. The van der Waals surface area contributed by atoms with Gasteiger partial charge in [0.15, 0.2) is 11.4 Å². The number of hydrogen-bond donors (Lipinski definition) is 2. The minimum absolute atomic E-state index is 0. The molecule has 0 aliphatic carbocycles. The SMILES string of the molecule is C.C.C.C.CCCCN1C(=CC=CC2=[N+](CCCC)c3ccc4ccccc4c3C2(C)C)C(C)(C)c2c1ccc1ccccc21.Cc1ccc([S-])c([S-])c1.Cc1ccc([S-])c([S-])c1.Cc1ccc2c(c1)C(C)(C)C(=CC=CC1=[N+](C)c3ccc(C)cc3C1(C)C)N2C.[Cu].[O-][Cl+3]([O-])([O-])O.[O-][Cl+3]([O-])([O-])O. The van der Waals surface area contributed by atoms with Crippen LogP contribution in [0, 0.1) is 48.2 Å². The summed E-state index contributed by atoms with van der Waals surface area (Å²) >= 11 is 19.7. The van der Waals surface area contributed by atoms with Gasteiger partial charge in [-0.2, -0.15) is 56.7 Å². The monoisotopic (exact) mass is 1560 g/mol. The van der Waals surface area contributed by atoms with Crippen molar-refractivity contribution in [3.05, 3.63) is 238 Å². The van der Waals surface area contributed by atoms with E-state index in [4.69, 9.17) is 87.8 Å². The summed E-state index contributed by atoms with van der Waals surface area (Å²) in [6.45, 7) is 34.0. The molecule has 563 valence electrons. The molecule has 0 atom stereocenters. The van der Waals surface area contributed by atoms with Crippen LogP contribution in [0.4, 0.5) is 22.7 Å². The first-order valence-corrected chi connectivity index (χ1v) is 36.9. The Hall–Kier alpha value is -6.16. The first-order valence-electron chi connectivity index (χ1n) is 32.7. The predicted octanol–water partition coefficient (Wildman–Crippen LogP) is 14.3. The maximum Gasteiger partial charge on any atom is 0.210 e. The Morgan fingerprint density at radius 1 is 0.466 bits per heavy atom. The van der Waals surface area contributed by atoms with Crippen molar-refractivity contribution in [2.24, 2.45) is 0 Å². The number of halogens is 2. The summed E-state index contributed by atoms with van der Waals surface area (Å²) in [5, 5.41) is 5.41. The zero-order valence-electron chi connectivity index (χ0n) is 59.4. The molecule has 4 aliphatic heterocycles. The smallest absolute Gasteiger partial charge is 0.210 e. The first-order chi connectivity index (χ1) is 45.7. The van der Waals surface area contributed by atoms with Gasteiger partial charge in [-0.05, 0) is 131 Å². The molecule has 103 heavy (non-hydrogen) atoms. The third-order valence-corrected chi connectivity index (χ3v) is 20.2. The van der Waals surface area contributed by atoms with Crippen molar-refractivity contribution in [2.45, 2.75) is 194 Å². The number of rotatable bonds is 10. The van der Waals surface area contributed by atoms with Gasteiger partial charge in [0.25, 0.3) is 0 Å². The molecule has 0 saturated heterocycles. The number of likely N-dealkylation sites (N-methyl/N-ethyl adjacent to an activating group) is 1. The average molecular weight is 1560 g/mol. The van der Waals surface area contributed by atoms with E-state index in [1.54, 1.807) is 0 Å². The van der Waals surface area contributed by atoms with E-state index in [1.807, 2.05) is 50.2 Å². The Bertz CT molecular complexity index is 4340. The summed E-state index contributed by atoms with van der Waals surface area (Å²) in [6.07, 6.45) is 18.7. The minimum Gasteiger partial charge on any atom is -0.781 e. The Morgan fingerprint density at radius 2 is 0.883 bits per heavy atom. The zero-order valence-corrected chi connectivity index (χ0v) is 65.1. The van der Waals surface area contributed by atoms with E-state index in [9.17, 15) is 0 Å². The summed E-state index contributed by atoms with van der Waals surface area (Å²) < 4.78 is 70.4. The molecule has 8 aromatic rings. The van der Waals surface area contributed by atoms with Crippen molar-refractivity contribution in [3.8, 4) is 0 Å². The quantitative estimate of drug-likeness (QED) is 0.0746. The average Bonchev–Trinajstić information content (AvgIpc) is 1.59. The molecule has 0 amide bonds. The van der Waals surface area contributed by atoms with Gasteiger partial charge >= 0.3 is 0 Å². The fourth-order valence-electron chi connectivity index (χ4n) is 13.8. The van der Waals surface area contributed by atoms with Gasteiger partial charge < -0.3 is 60.3 Å². The van der Waals surface area contributed by atoms with Crippen molar-refractivity contribution in [1.82, 2.24) is 0 Å². The van der Waals surface area contributed by atoms with Crippen LogP contribution in [0.3, 0.4) is 0 Å². The Balaban J connectivity index is 0.000000502. The van der Waals surface area contributed by atoms with Crippen LogP contribution in [0.2, 0.25) is 0 Å². The van der Waals surface area contributed by atoms with Crippen molar-refractivity contribution >= 4 is 106 Å². The fraction of sp³-hybridized carbons (Fsp3) is 0.357. The number of benzene rings is 8. The standard InChI is InChI=1S/C39H45N2.C27H33N2.2C7H8S2.4CH4.2ClHO4.Cu/c1-7-9-26-40-32-24-22-28-16-11-13-18-30(28)36(32)38(3,4)34(40)20-15-21-35-39(5,6)37-31-19-14-12-17-29(31)23-25-33(37)41(35)27-10-8-2;1-18-12-14-22-20(16-18)26(3,4)24(28(22)7)10-9-11-25-27(5,6)21-17-19(2)13-15-23(21)29(25)8;2*1-5-2-3-6(8)7(9)4-5;;;;;2*2-1(3,4)5;/h11-25H,7-10,26-27H2,1-6H3;9-17H,1-8H3;2*2-4,8-9H,1H3;4*1H4;2*(H,2,3,4,5);/q2*+1;;;;;;;;;/p-4. The fourth-order valence-corrected chi connectivity index (χ4v) is 14.5. The summed E-state index contributed by atoms with van der Waals surface area (Å²) in [7, 11) is -5.03. The van der Waals surface area contributed by atoms with Crippen LogP contribution in [-0.4, -0.2) is 57.1 Å². The van der Waals surface area contributed by atoms with E-state index in [2.05, 4.69) is 262 Å². The molecule has 0 saturated carbocycles. The predicted molar refractivity (Wildman–Crippen MR) is 419 cm³/mol. The third kappa shape index (κ3) is 22.5. The number of anilines is 2. The van der Waals surface area contributed by atoms with E-state index in [0.29, 0.717) is 0 Å². The molecule has 1 radical (unpaired) electrons. The molecule has 12 nitrogen and oxygen atoms in total. The summed E-state index contributed by atoms with van der Waals surface area (Å²) in [4.78, 5) is 8.05. The van der Waals surface area contributed by atoms with Crippen LogP contribution in [-0.2, 0) is 89.2 Å². The van der Waals surface area contributed by atoms with Gasteiger partial charge in [-0.15, -0.1) is 0 Å². The second kappa shape index (κ2) is 38.4. The zero-order chi connectivity index (χ0) is 72.6. The van der Waals surface area contributed by atoms with Crippen molar-refractivity contribution in [2.75, 3.05) is 37.0 Å². The summed E-state index contributed by atoms with van der Waals surface area (Å²) in [5.41, 5.74) is 21.4. The number of hydrogen-bond acceptors (Lipinski definition) is 14. The van der Waals surface area contributed by atoms with Gasteiger partial charge in [0, 0.05) is 106 Å². The molecule has 12 rings (SSSR count). The van der Waals surface area contributed by atoms with Gasteiger partial charge in [-0.25, -0.2) is 0 Å². The van der Waals surface area contributed by atoms with Crippen molar-refractivity contribution in [1.29, 1.82) is 0 Å². The van der Waals surface area contributed by atoms with Gasteiger partial charge in [-0.3, -0.25) is 0 Å². The Labute approximate surface area is 653 Å². The molecule has 0 aromatic heterocycles. The molecule has 0 unspecified atom stereocenters. The van der Waals surface area contributed by atoms with Gasteiger partial charge in [0.05, 0.1) is 40.6 Å². The molecule has 19 heteroatoms. The topological polar surface area (TPSA) is 191 Å². The van der Waals surface area contributed by atoms with E-state index >= 15 is 0 Å². The van der Waals surface area contributed by atoms with Crippen LogP contribution in [0.1, 0.15) is 169 Å². The van der Waals surface area contributed by atoms with Crippen LogP contribution < -0.4 is 37.8 Å². The third-order valence-electron chi connectivity index (χ3n) is 18.6. The van der Waals surface area contributed by atoms with E-state index in [1.165, 1.54) is 137 Å². The Kier molecular flexibility index (Phi) is 34.6. The maximum absolute atomic E-state index is 8.60. The molecule has 0 spiro atoms. The maximum atomic E-state index is 8.60. The normalized spacial score (nSPS) is 15.9. The van der Waals surface area contributed by atoms with E-state index < -0.39 is 20.5 Å². The van der Waals surface area contributed by atoms with E-state index in [0.717, 1.165) is 32.7 Å². The number of fused-ring (bicyclic) bond motifs is 8. The van der Waals surface area contributed by atoms with Gasteiger partial charge in [0.1, 0.15) is 13.6 Å². The number of aryl methyl sites for hydroxylation is 4. The molecular weight excluding hydrogens is 1460 g/mol. The van der Waals surface area contributed by atoms with Crippen molar-refractivity contribution < 1.29 is 84.0 Å². The molecule has 0 bridgehead atoms. The van der Waals surface area contributed by atoms with Gasteiger partial charge in [0.2, 0.25) is 11.4 Å². The van der Waals surface area contributed by atoms with Gasteiger partial charge in [-0.1, -0.05) is 228 Å². The molecule has 4 heterocycles. The van der Waals surface area contributed by atoms with Crippen LogP contribution >= 0.6 is 0 Å². The van der Waals surface area contributed by atoms with Crippen LogP contribution in [0.5, 0.6) is 0 Å². The molecule has 0 fully saturated rings. The molecule has 8 aromatic carbocycles. The van der Waals surface area contributed by atoms with E-state index in [-0.39, 0.29) is 68.4 Å². The van der Waals surface area contributed by atoms with Crippen LogP contribution in [0.15, 0.2) is 213 Å². The molecule has 4 aliphatic rings. The number of nitrogens with zero attached hydrogens (tertiary/aromatic N) is 4. The largest absolute Gasteiger partial charge is 0.781 e. The Morgan fingerprint density at radius 3 is 1.38 bits per heavy atom. The summed E-state index contributed by atoms with van der Waals surface area (Å²) in [6, 6.07) is 52.1. The molecule has 2 N–H and O–H groups in total. The molecular formula is C84H108Cl2CuN4O8S4-2. The van der Waals surface area contributed by atoms with Crippen molar-refractivity contribution in [3.63, 3.8) is 0 Å². The second-order valence-corrected chi connectivity index (χ2v) is 30.7. The van der Waals surface area contributed by atoms with Crippen LogP contribution in [0.25, 0.3) is 21.5 Å². The minimum atomic E-state index is -4.69. The summed E-state index contributed by atoms with van der Waals surface area (Å²) in [5.74, 6) is 0. The number of allylic oxidation sites excluding steroid dienone is 8.